The zero-order valence-corrected chi connectivity index (χ0v) is 13.7. The maximum atomic E-state index is 11.6. The third-order valence-electron chi connectivity index (χ3n) is 5.06. The molecule has 2 aliphatic rings. The van der Waals surface area contributed by atoms with Gasteiger partial charge in [-0.15, -0.1) is 0 Å². The average Bonchev–Trinajstić information content (AvgIpc) is 2.85. The van der Waals surface area contributed by atoms with E-state index >= 15 is 0 Å². The fraction of sp³-hybridized carbons (Fsp3) is 0.800. The van der Waals surface area contributed by atoms with E-state index in [0.29, 0.717) is 12.8 Å². The van der Waals surface area contributed by atoms with Gasteiger partial charge < -0.3 is 14.3 Å². The summed E-state index contributed by atoms with van der Waals surface area (Å²) in [5.41, 5.74) is -0.844. The van der Waals surface area contributed by atoms with Gasteiger partial charge in [-0.3, -0.25) is 4.79 Å². The van der Waals surface area contributed by atoms with Crippen molar-refractivity contribution in [1.82, 2.24) is 0 Å². The van der Waals surface area contributed by atoms with Gasteiger partial charge in [0.2, 0.25) is 0 Å². The summed E-state index contributed by atoms with van der Waals surface area (Å²) >= 11 is 0. The molecule has 0 aromatic rings. The second kappa shape index (κ2) is 5.99. The summed E-state index contributed by atoms with van der Waals surface area (Å²) in [4.78, 5) is 11.6. The molecule has 0 amide bonds. The lowest BCUT2D eigenvalue weighted by Crippen LogP contribution is -2.57. The molecule has 0 aromatic heterocycles. The molecular weight excluding hydrogens is 272 g/mol. The van der Waals surface area contributed by atoms with E-state index in [2.05, 4.69) is 20.8 Å². The van der Waals surface area contributed by atoms with E-state index < -0.39 is 20.0 Å². The van der Waals surface area contributed by atoms with E-state index in [4.69, 9.17) is 9.16 Å². The molecule has 1 aliphatic carbocycles. The summed E-state index contributed by atoms with van der Waals surface area (Å²) in [6, 6.07) is 3.17. The predicted molar refractivity (Wildman–Crippen MR) is 79.9 cm³/mol. The summed E-state index contributed by atoms with van der Waals surface area (Å²) in [6.45, 7) is 6.55. The third-order valence-corrected chi connectivity index (χ3v) is 9.71. The Morgan fingerprint density at radius 3 is 2.55 bits per heavy atom. The number of carbonyl (C=O) groups excluding carboxylic acids is 1. The van der Waals surface area contributed by atoms with Crippen LogP contribution in [0.3, 0.4) is 0 Å². The van der Waals surface area contributed by atoms with Crippen LogP contribution in [0.15, 0.2) is 12.2 Å². The van der Waals surface area contributed by atoms with Crippen molar-refractivity contribution in [2.24, 2.45) is 0 Å². The maximum Gasteiger partial charge on any atom is 0.306 e. The number of carbonyl (C=O) groups is 1. The molecular formula is C15H26O4Si. The molecule has 2 rings (SSSR count). The highest BCUT2D eigenvalue weighted by molar-refractivity contribution is 6.73. The van der Waals surface area contributed by atoms with Crippen LogP contribution in [0.25, 0.3) is 0 Å². The minimum absolute atomic E-state index is 0.194. The van der Waals surface area contributed by atoms with Crippen LogP contribution in [0.5, 0.6) is 0 Å². The molecule has 1 N–H and O–H groups in total. The molecule has 5 heteroatoms. The third kappa shape index (κ3) is 2.58. The summed E-state index contributed by atoms with van der Waals surface area (Å²) in [5, 5.41) is 10.3. The molecule has 3 atom stereocenters. The van der Waals surface area contributed by atoms with Gasteiger partial charge in [0, 0.05) is 12.8 Å². The van der Waals surface area contributed by atoms with E-state index in [-0.39, 0.29) is 12.1 Å². The van der Waals surface area contributed by atoms with Gasteiger partial charge >= 0.3 is 5.97 Å². The van der Waals surface area contributed by atoms with Crippen LogP contribution in [-0.4, -0.2) is 37.2 Å². The minimum Gasteiger partial charge on any atom is -0.453 e. The first-order valence-corrected chi connectivity index (χ1v) is 10.3. The van der Waals surface area contributed by atoms with Crippen molar-refractivity contribution >= 4 is 14.3 Å². The van der Waals surface area contributed by atoms with Crippen LogP contribution < -0.4 is 0 Å². The molecule has 1 heterocycles. The molecule has 0 radical (unpaired) electrons. The number of rotatable bonds is 5. The normalized spacial score (nSPS) is 33.7. The largest absolute Gasteiger partial charge is 0.453 e. The van der Waals surface area contributed by atoms with Crippen molar-refractivity contribution in [2.45, 2.75) is 76.0 Å². The fourth-order valence-electron chi connectivity index (χ4n) is 3.38. The summed E-state index contributed by atoms with van der Waals surface area (Å²) in [5.74, 6) is -0.218. The molecule has 114 valence electrons. The lowest BCUT2D eigenvalue weighted by Gasteiger charge is -2.44. The van der Waals surface area contributed by atoms with Crippen LogP contribution in [0, 0.1) is 0 Å². The summed E-state index contributed by atoms with van der Waals surface area (Å²) < 4.78 is 12.1. The first kappa shape index (κ1) is 15.7. The van der Waals surface area contributed by atoms with E-state index in [1.807, 2.05) is 6.08 Å². The lowest BCUT2D eigenvalue weighted by molar-refractivity contribution is -0.172. The van der Waals surface area contributed by atoms with Gasteiger partial charge in [0.15, 0.2) is 13.9 Å². The predicted octanol–water partition coefficient (Wildman–Crippen LogP) is 2.77. The van der Waals surface area contributed by atoms with Crippen LogP contribution in [0.2, 0.25) is 18.1 Å². The first-order valence-electron chi connectivity index (χ1n) is 7.76. The second-order valence-corrected chi connectivity index (χ2v) is 10.6. The Balaban J connectivity index is 2.25. The molecule has 1 aliphatic heterocycles. The SMILES string of the molecule is CC[Si](CC)(CC)O[C@@H]1CC=C[C@@H](O)[C@]12CCC(=O)O2. The fourth-order valence-corrected chi connectivity index (χ4v) is 6.28. The second-order valence-electron chi connectivity index (χ2n) is 5.89. The van der Waals surface area contributed by atoms with Crippen LogP contribution in [0.4, 0.5) is 0 Å². The summed E-state index contributed by atoms with van der Waals surface area (Å²) in [7, 11) is -1.79. The molecule has 0 bridgehead atoms. The van der Waals surface area contributed by atoms with Crippen LogP contribution in [0.1, 0.15) is 40.0 Å². The molecule has 0 aromatic carbocycles. The highest BCUT2D eigenvalue weighted by atomic mass is 28.4. The molecule has 1 saturated heterocycles. The molecule has 1 spiro atoms. The number of aliphatic hydroxyl groups is 1. The number of hydrogen-bond donors (Lipinski definition) is 1. The van der Waals surface area contributed by atoms with E-state index in [1.165, 1.54) is 0 Å². The highest BCUT2D eigenvalue weighted by Gasteiger charge is 2.54. The van der Waals surface area contributed by atoms with Crippen molar-refractivity contribution in [3.8, 4) is 0 Å². The van der Waals surface area contributed by atoms with E-state index in [9.17, 15) is 9.90 Å². The zero-order chi connectivity index (χ0) is 14.8. The van der Waals surface area contributed by atoms with Crippen LogP contribution in [-0.2, 0) is 14.0 Å². The molecule has 4 nitrogen and oxygen atoms in total. The van der Waals surface area contributed by atoms with Gasteiger partial charge in [-0.2, -0.15) is 0 Å². The highest BCUT2D eigenvalue weighted by Crippen LogP contribution is 2.41. The standard InChI is InChI=1S/C15H26O4Si/c1-4-20(5-2,6-3)19-13-9-7-8-12(16)15(13)11-10-14(17)18-15/h7-8,12-13,16H,4-6,9-11H2,1-3H3/t12-,13-,15-/m1/s1. The van der Waals surface area contributed by atoms with Gasteiger partial charge in [0.25, 0.3) is 0 Å². The van der Waals surface area contributed by atoms with Crippen molar-refractivity contribution in [1.29, 1.82) is 0 Å². The lowest BCUT2D eigenvalue weighted by atomic mass is 9.82. The Bertz CT molecular complexity index is 383. The zero-order valence-electron chi connectivity index (χ0n) is 12.7. The number of esters is 1. The maximum absolute atomic E-state index is 11.6. The smallest absolute Gasteiger partial charge is 0.306 e. The van der Waals surface area contributed by atoms with E-state index in [0.717, 1.165) is 24.6 Å². The Hall–Kier alpha value is -0.653. The quantitative estimate of drug-likeness (QED) is 0.482. The van der Waals surface area contributed by atoms with Gasteiger partial charge in [0.1, 0.15) is 6.10 Å². The van der Waals surface area contributed by atoms with Crippen molar-refractivity contribution in [3.63, 3.8) is 0 Å². The number of hydrogen-bond acceptors (Lipinski definition) is 4. The number of ether oxygens (including phenoxy) is 1. The molecule has 0 saturated carbocycles. The minimum atomic E-state index is -1.79. The number of aliphatic hydroxyl groups excluding tert-OH is 1. The van der Waals surface area contributed by atoms with Gasteiger partial charge in [0.05, 0.1) is 6.10 Å². The Labute approximate surface area is 122 Å². The van der Waals surface area contributed by atoms with E-state index in [1.54, 1.807) is 6.08 Å². The topological polar surface area (TPSA) is 55.8 Å². The van der Waals surface area contributed by atoms with Crippen LogP contribution >= 0.6 is 0 Å². The van der Waals surface area contributed by atoms with Crippen molar-refractivity contribution in [2.75, 3.05) is 0 Å². The first-order chi connectivity index (χ1) is 9.52. The molecule has 1 fully saturated rings. The Morgan fingerprint density at radius 2 is 2.05 bits per heavy atom. The van der Waals surface area contributed by atoms with Gasteiger partial charge in [-0.1, -0.05) is 32.9 Å². The Kier molecular flexibility index (Phi) is 4.72. The van der Waals surface area contributed by atoms with Crippen molar-refractivity contribution < 1.29 is 19.1 Å². The molecule has 0 unspecified atom stereocenters. The summed E-state index contributed by atoms with van der Waals surface area (Å²) in [6.07, 6.45) is 4.41. The van der Waals surface area contributed by atoms with Crippen molar-refractivity contribution in [3.05, 3.63) is 12.2 Å². The Morgan fingerprint density at radius 1 is 1.40 bits per heavy atom. The average molecular weight is 298 g/mol. The monoisotopic (exact) mass is 298 g/mol. The van der Waals surface area contributed by atoms with Gasteiger partial charge in [-0.25, -0.2) is 0 Å². The molecule has 20 heavy (non-hydrogen) atoms. The van der Waals surface area contributed by atoms with Gasteiger partial charge in [-0.05, 0) is 24.6 Å².